The van der Waals surface area contributed by atoms with Gasteiger partial charge in [-0.3, -0.25) is 19.6 Å². The van der Waals surface area contributed by atoms with Gasteiger partial charge in [-0.15, -0.1) is 0 Å². The highest BCUT2D eigenvalue weighted by molar-refractivity contribution is 5.94. The third-order valence-corrected chi connectivity index (χ3v) is 2.67. The van der Waals surface area contributed by atoms with Gasteiger partial charge in [-0.25, -0.2) is 0 Å². The number of carbonyl (C=O) groups is 1. The lowest BCUT2D eigenvalue weighted by Gasteiger charge is -2.05. The molecule has 1 heterocycles. The zero-order chi connectivity index (χ0) is 13.8. The van der Waals surface area contributed by atoms with Crippen LogP contribution in [0.5, 0.6) is 0 Å². The van der Waals surface area contributed by atoms with Crippen LogP contribution in [0.2, 0.25) is 0 Å². The van der Waals surface area contributed by atoms with Gasteiger partial charge < -0.3 is 5.32 Å². The molecule has 19 heavy (non-hydrogen) atoms. The topological polar surface area (TPSA) is 90.1 Å². The molecule has 0 aliphatic heterocycles. The number of nitro groups is 1. The van der Waals surface area contributed by atoms with E-state index in [1.54, 1.807) is 24.0 Å². The summed E-state index contributed by atoms with van der Waals surface area (Å²) in [7, 11) is 1.77. The van der Waals surface area contributed by atoms with E-state index in [2.05, 4.69) is 10.4 Å². The predicted molar refractivity (Wildman–Crippen MR) is 67.5 cm³/mol. The van der Waals surface area contributed by atoms with Gasteiger partial charge in [-0.1, -0.05) is 6.07 Å². The normalized spacial score (nSPS) is 10.2. The Kier molecular flexibility index (Phi) is 3.56. The van der Waals surface area contributed by atoms with E-state index < -0.39 is 4.92 Å². The number of aromatic nitrogens is 2. The minimum atomic E-state index is -0.530. The van der Waals surface area contributed by atoms with Crippen molar-refractivity contribution in [3.05, 3.63) is 57.9 Å². The summed E-state index contributed by atoms with van der Waals surface area (Å²) in [5, 5.41) is 17.3. The first-order valence-electron chi connectivity index (χ1n) is 5.57. The van der Waals surface area contributed by atoms with Crippen molar-refractivity contribution < 1.29 is 9.72 Å². The zero-order valence-corrected chi connectivity index (χ0v) is 10.2. The van der Waals surface area contributed by atoms with Crippen LogP contribution in [0.15, 0.2) is 36.5 Å². The molecule has 1 aromatic carbocycles. The molecular weight excluding hydrogens is 248 g/mol. The lowest BCUT2D eigenvalue weighted by molar-refractivity contribution is -0.384. The second-order valence-electron chi connectivity index (χ2n) is 3.94. The van der Waals surface area contributed by atoms with E-state index in [-0.39, 0.29) is 17.2 Å². The molecule has 0 aliphatic rings. The molecule has 1 N–H and O–H groups in total. The van der Waals surface area contributed by atoms with Crippen molar-refractivity contribution in [2.75, 3.05) is 0 Å². The number of hydrogen-bond acceptors (Lipinski definition) is 4. The van der Waals surface area contributed by atoms with Crippen molar-refractivity contribution in [1.29, 1.82) is 0 Å². The Balaban J connectivity index is 2.06. The summed E-state index contributed by atoms with van der Waals surface area (Å²) in [5.74, 6) is -0.357. The number of benzene rings is 1. The Morgan fingerprint density at radius 2 is 2.26 bits per heavy atom. The van der Waals surface area contributed by atoms with Gasteiger partial charge in [0.1, 0.15) is 0 Å². The van der Waals surface area contributed by atoms with Crippen LogP contribution < -0.4 is 5.32 Å². The fraction of sp³-hybridized carbons (Fsp3) is 0.167. The van der Waals surface area contributed by atoms with Crippen LogP contribution >= 0.6 is 0 Å². The summed E-state index contributed by atoms with van der Waals surface area (Å²) in [6, 6.07) is 7.40. The maximum atomic E-state index is 11.9. The van der Waals surface area contributed by atoms with E-state index in [0.717, 1.165) is 5.69 Å². The fourth-order valence-electron chi connectivity index (χ4n) is 1.61. The minimum Gasteiger partial charge on any atom is -0.346 e. The van der Waals surface area contributed by atoms with Crippen molar-refractivity contribution in [3.63, 3.8) is 0 Å². The Morgan fingerprint density at radius 3 is 2.89 bits per heavy atom. The van der Waals surface area contributed by atoms with Crippen LogP contribution in [-0.4, -0.2) is 20.6 Å². The number of hydrogen-bond donors (Lipinski definition) is 1. The second kappa shape index (κ2) is 5.30. The van der Waals surface area contributed by atoms with Crippen LogP contribution in [0.1, 0.15) is 16.1 Å². The molecule has 7 heteroatoms. The molecule has 0 aliphatic carbocycles. The lowest BCUT2D eigenvalue weighted by Crippen LogP contribution is -2.24. The number of nitro benzene ring substituents is 1. The third-order valence-electron chi connectivity index (χ3n) is 2.67. The summed E-state index contributed by atoms with van der Waals surface area (Å²) in [6.07, 6.45) is 1.63. The second-order valence-corrected chi connectivity index (χ2v) is 3.94. The number of rotatable bonds is 4. The Hall–Kier alpha value is -2.70. The molecule has 2 rings (SSSR count). The van der Waals surface area contributed by atoms with Crippen molar-refractivity contribution in [1.82, 2.24) is 15.1 Å². The molecule has 0 bridgehead atoms. The van der Waals surface area contributed by atoms with E-state index in [1.165, 1.54) is 24.3 Å². The lowest BCUT2D eigenvalue weighted by atomic mass is 10.2. The summed E-state index contributed by atoms with van der Waals surface area (Å²) in [4.78, 5) is 22.0. The van der Waals surface area contributed by atoms with Crippen LogP contribution in [-0.2, 0) is 13.6 Å². The average Bonchev–Trinajstić information content (AvgIpc) is 2.81. The highest BCUT2D eigenvalue weighted by atomic mass is 16.6. The third kappa shape index (κ3) is 2.95. The largest absolute Gasteiger partial charge is 0.346 e. The number of nitrogens with zero attached hydrogens (tertiary/aromatic N) is 3. The van der Waals surface area contributed by atoms with E-state index in [4.69, 9.17) is 0 Å². The highest BCUT2D eigenvalue weighted by Crippen LogP contribution is 2.13. The van der Waals surface area contributed by atoms with Gasteiger partial charge in [0, 0.05) is 30.9 Å². The molecule has 1 amide bonds. The Bertz CT molecular complexity index is 621. The molecule has 98 valence electrons. The van der Waals surface area contributed by atoms with E-state index in [9.17, 15) is 14.9 Å². The molecule has 2 aromatic rings. The van der Waals surface area contributed by atoms with Gasteiger partial charge in [0.2, 0.25) is 0 Å². The number of carbonyl (C=O) groups excluding carboxylic acids is 1. The monoisotopic (exact) mass is 260 g/mol. The van der Waals surface area contributed by atoms with Crippen LogP contribution in [0.4, 0.5) is 5.69 Å². The smallest absolute Gasteiger partial charge is 0.270 e. The van der Waals surface area contributed by atoms with Gasteiger partial charge >= 0.3 is 0 Å². The first-order chi connectivity index (χ1) is 9.08. The number of nitrogens with one attached hydrogen (secondary N) is 1. The first kappa shape index (κ1) is 12.7. The van der Waals surface area contributed by atoms with E-state index in [1.807, 2.05) is 0 Å². The van der Waals surface area contributed by atoms with Gasteiger partial charge in [-0.05, 0) is 12.1 Å². The van der Waals surface area contributed by atoms with Gasteiger partial charge in [-0.2, -0.15) is 5.10 Å². The number of aryl methyl sites for hydroxylation is 1. The zero-order valence-electron chi connectivity index (χ0n) is 10.2. The average molecular weight is 260 g/mol. The molecule has 7 nitrogen and oxygen atoms in total. The van der Waals surface area contributed by atoms with Crippen LogP contribution in [0, 0.1) is 10.1 Å². The standard InChI is InChI=1S/C12H12N4O3/c1-15-11(5-6-14-15)8-13-12(17)9-3-2-4-10(7-9)16(18)19/h2-7H,8H2,1H3,(H,13,17). The summed E-state index contributed by atoms with van der Waals surface area (Å²) >= 11 is 0. The van der Waals surface area contributed by atoms with Crippen molar-refractivity contribution in [3.8, 4) is 0 Å². The molecule has 0 saturated heterocycles. The van der Waals surface area contributed by atoms with Gasteiger partial charge in [0.15, 0.2) is 0 Å². The SMILES string of the molecule is Cn1nccc1CNC(=O)c1cccc([N+](=O)[O-])c1. The predicted octanol–water partition coefficient (Wildman–Crippen LogP) is 1.26. The summed E-state index contributed by atoms with van der Waals surface area (Å²) in [6.45, 7) is 0.317. The summed E-state index contributed by atoms with van der Waals surface area (Å²) < 4.78 is 1.65. The first-order valence-corrected chi connectivity index (χ1v) is 5.57. The quantitative estimate of drug-likeness (QED) is 0.661. The Labute approximate surface area is 109 Å². The van der Waals surface area contributed by atoms with Crippen molar-refractivity contribution in [2.24, 2.45) is 7.05 Å². The van der Waals surface area contributed by atoms with Gasteiger partial charge in [0.05, 0.1) is 17.2 Å². The molecule has 0 atom stereocenters. The molecular formula is C12H12N4O3. The van der Waals surface area contributed by atoms with Crippen molar-refractivity contribution in [2.45, 2.75) is 6.54 Å². The van der Waals surface area contributed by atoms with E-state index in [0.29, 0.717) is 6.54 Å². The van der Waals surface area contributed by atoms with E-state index >= 15 is 0 Å². The molecule has 0 radical (unpaired) electrons. The highest BCUT2D eigenvalue weighted by Gasteiger charge is 2.11. The van der Waals surface area contributed by atoms with Crippen LogP contribution in [0.3, 0.4) is 0 Å². The number of non-ortho nitro benzene ring substituents is 1. The maximum Gasteiger partial charge on any atom is 0.270 e. The maximum absolute atomic E-state index is 11.9. The number of amides is 1. The van der Waals surface area contributed by atoms with Crippen LogP contribution in [0.25, 0.3) is 0 Å². The fourth-order valence-corrected chi connectivity index (χ4v) is 1.61. The minimum absolute atomic E-state index is 0.104. The summed E-state index contributed by atoms with van der Waals surface area (Å²) in [5.41, 5.74) is 1.00. The van der Waals surface area contributed by atoms with Crippen molar-refractivity contribution >= 4 is 11.6 Å². The Morgan fingerprint density at radius 1 is 1.47 bits per heavy atom. The molecule has 0 fully saturated rings. The van der Waals surface area contributed by atoms with Gasteiger partial charge in [0.25, 0.3) is 11.6 Å². The molecule has 0 spiro atoms. The molecule has 1 aromatic heterocycles. The molecule has 0 unspecified atom stereocenters. The molecule has 0 saturated carbocycles.